The van der Waals surface area contributed by atoms with Gasteiger partial charge in [-0.05, 0) is 67.6 Å². The molecule has 1 N–H and O–H groups in total. The van der Waals surface area contributed by atoms with Crippen molar-refractivity contribution in [2.24, 2.45) is 0 Å². The lowest BCUT2D eigenvalue weighted by molar-refractivity contribution is -0.131. The Morgan fingerprint density at radius 1 is 0.741 bits per heavy atom. The van der Waals surface area contributed by atoms with Gasteiger partial charge in [0.2, 0.25) is 0 Å². The van der Waals surface area contributed by atoms with Crippen LogP contribution in [0.3, 0.4) is 0 Å². The molecule has 0 heterocycles. The lowest BCUT2D eigenvalue weighted by Gasteiger charge is -2.09. The monoisotopic (exact) mass is 361 g/mol. The molecular formula is C22H19NO4. The fraction of sp³-hybridized carbons (Fsp3) is 0.0909. The van der Waals surface area contributed by atoms with E-state index >= 15 is 0 Å². The predicted molar refractivity (Wildman–Crippen MR) is 103 cm³/mol. The standard InChI is InChI=1S/C22H19NO4/c1-15-3-9-20(10-4-15)27-21-13-7-18(8-14-21)23-22(25)17-5-11-19(12-6-17)26-16(2)24/h3-14H,1-2H3,(H,23,25). The molecule has 0 saturated carbocycles. The van der Waals surface area contributed by atoms with Crippen LogP contribution in [0.4, 0.5) is 5.69 Å². The second kappa shape index (κ2) is 8.19. The number of hydrogen-bond donors (Lipinski definition) is 1. The molecule has 1 amide bonds. The van der Waals surface area contributed by atoms with Gasteiger partial charge in [0.25, 0.3) is 5.91 Å². The third-order valence-corrected chi connectivity index (χ3v) is 3.75. The second-order valence-electron chi connectivity index (χ2n) is 6.01. The third kappa shape index (κ3) is 5.19. The van der Waals surface area contributed by atoms with Crippen molar-refractivity contribution in [2.75, 3.05) is 5.32 Å². The maximum Gasteiger partial charge on any atom is 0.308 e. The minimum atomic E-state index is -0.403. The van der Waals surface area contributed by atoms with Crippen molar-refractivity contribution in [2.45, 2.75) is 13.8 Å². The van der Waals surface area contributed by atoms with Gasteiger partial charge < -0.3 is 14.8 Å². The summed E-state index contributed by atoms with van der Waals surface area (Å²) in [5.74, 6) is 1.18. The van der Waals surface area contributed by atoms with E-state index in [9.17, 15) is 9.59 Å². The summed E-state index contributed by atoms with van der Waals surface area (Å²) in [5.41, 5.74) is 2.28. The summed E-state index contributed by atoms with van der Waals surface area (Å²) in [6.45, 7) is 3.35. The van der Waals surface area contributed by atoms with E-state index < -0.39 is 5.97 Å². The van der Waals surface area contributed by atoms with Crippen molar-refractivity contribution in [1.82, 2.24) is 0 Å². The summed E-state index contributed by atoms with van der Waals surface area (Å²) >= 11 is 0. The Morgan fingerprint density at radius 2 is 1.26 bits per heavy atom. The van der Waals surface area contributed by atoms with Gasteiger partial charge in [-0.25, -0.2) is 0 Å². The zero-order chi connectivity index (χ0) is 19.2. The molecule has 136 valence electrons. The molecular weight excluding hydrogens is 342 g/mol. The molecule has 0 fully saturated rings. The van der Waals surface area contributed by atoms with Gasteiger partial charge in [0, 0.05) is 18.2 Å². The first kappa shape index (κ1) is 18.2. The Balaban J connectivity index is 1.61. The number of esters is 1. The molecule has 3 aromatic carbocycles. The van der Waals surface area contributed by atoms with Gasteiger partial charge in [0.1, 0.15) is 17.2 Å². The van der Waals surface area contributed by atoms with E-state index in [4.69, 9.17) is 9.47 Å². The van der Waals surface area contributed by atoms with Crippen LogP contribution in [0.2, 0.25) is 0 Å². The van der Waals surface area contributed by atoms with Crippen LogP contribution in [0.15, 0.2) is 72.8 Å². The van der Waals surface area contributed by atoms with Crippen LogP contribution in [0, 0.1) is 6.92 Å². The zero-order valence-electron chi connectivity index (χ0n) is 15.1. The highest BCUT2D eigenvalue weighted by Gasteiger charge is 2.07. The molecule has 0 atom stereocenters. The smallest absolute Gasteiger partial charge is 0.308 e. The highest BCUT2D eigenvalue weighted by Crippen LogP contribution is 2.23. The zero-order valence-corrected chi connectivity index (χ0v) is 15.1. The van der Waals surface area contributed by atoms with Crippen molar-refractivity contribution in [3.05, 3.63) is 83.9 Å². The summed E-state index contributed by atoms with van der Waals surface area (Å²) in [7, 11) is 0. The maximum absolute atomic E-state index is 12.3. The number of nitrogens with one attached hydrogen (secondary N) is 1. The van der Waals surface area contributed by atoms with Crippen LogP contribution in [-0.2, 0) is 4.79 Å². The van der Waals surface area contributed by atoms with E-state index in [1.807, 2.05) is 31.2 Å². The van der Waals surface area contributed by atoms with E-state index in [2.05, 4.69) is 5.32 Å². The molecule has 0 aliphatic carbocycles. The number of benzene rings is 3. The number of carbonyl (C=O) groups excluding carboxylic acids is 2. The maximum atomic E-state index is 12.3. The van der Waals surface area contributed by atoms with Crippen LogP contribution in [0.25, 0.3) is 0 Å². The molecule has 5 heteroatoms. The fourth-order valence-electron chi connectivity index (χ4n) is 2.39. The van der Waals surface area contributed by atoms with Crippen LogP contribution in [-0.4, -0.2) is 11.9 Å². The number of hydrogen-bond acceptors (Lipinski definition) is 4. The number of aryl methyl sites for hydroxylation is 1. The molecule has 0 aromatic heterocycles. The van der Waals surface area contributed by atoms with Gasteiger partial charge in [0.15, 0.2) is 0 Å². The van der Waals surface area contributed by atoms with E-state index in [1.54, 1.807) is 48.5 Å². The summed E-state index contributed by atoms with van der Waals surface area (Å²) in [6, 6.07) is 21.3. The lowest BCUT2D eigenvalue weighted by Crippen LogP contribution is -2.11. The molecule has 27 heavy (non-hydrogen) atoms. The first-order chi connectivity index (χ1) is 13.0. The number of amides is 1. The molecule has 0 saturated heterocycles. The molecule has 0 spiro atoms. The highest BCUT2D eigenvalue weighted by molar-refractivity contribution is 6.04. The summed E-state index contributed by atoms with van der Waals surface area (Å²) in [4.78, 5) is 23.2. The Bertz CT molecular complexity index is 930. The van der Waals surface area contributed by atoms with Crippen molar-refractivity contribution >= 4 is 17.6 Å². The molecule has 3 rings (SSSR count). The minimum Gasteiger partial charge on any atom is -0.457 e. The second-order valence-corrected chi connectivity index (χ2v) is 6.01. The van der Waals surface area contributed by atoms with Crippen LogP contribution < -0.4 is 14.8 Å². The molecule has 0 aliphatic heterocycles. The number of ether oxygens (including phenoxy) is 2. The van der Waals surface area contributed by atoms with E-state index in [0.717, 1.165) is 5.75 Å². The quantitative estimate of drug-likeness (QED) is 0.515. The van der Waals surface area contributed by atoms with Gasteiger partial charge in [-0.2, -0.15) is 0 Å². The average molecular weight is 361 g/mol. The first-order valence-electron chi connectivity index (χ1n) is 8.44. The number of carbonyl (C=O) groups is 2. The molecule has 0 radical (unpaired) electrons. The van der Waals surface area contributed by atoms with Gasteiger partial charge in [-0.15, -0.1) is 0 Å². The first-order valence-corrected chi connectivity index (χ1v) is 8.44. The highest BCUT2D eigenvalue weighted by atomic mass is 16.5. The fourth-order valence-corrected chi connectivity index (χ4v) is 2.39. The Kier molecular flexibility index (Phi) is 5.52. The van der Waals surface area contributed by atoms with Gasteiger partial charge >= 0.3 is 5.97 Å². The van der Waals surface area contributed by atoms with Crippen molar-refractivity contribution in [3.8, 4) is 17.2 Å². The molecule has 0 aliphatic rings. The number of rotatable bonds is 5. The van der Waals surface area contributed by atoms with Crippen molar-refractivity contribution in [3.63, 3.8) is 0 Å². The summed E-state index contributed by atoms with van der Waals surface area (Å²) < 4.78 is 10.7. The average Bonchev–Trinajstić information content (AvgIpc) is 2.65. The SMILES string of the molecule is CC(=O)Oc1ccc(C(=O)Nc2ccc(Oc3ccc(C)cc3)cc2)cc1. The lowest BCUT2D eigenvalue weighted by atomic mass is 10.2. The number of anilines is 1. The Labute approximate surface area is 157 Å². The Morgan fingerprint density at radius 3 is 1.81 bits per heavy atom. The van der Waals surface area contributed by atoms with E-state index in [0.29, 0.717) is 22.7 Å². The van der Waals surface area contributed by atoms with Crippen LogP contribution >= 0.6 is 0 Å². The van der Waals surface area contributed by atoms with E-state index in [1.165, 1.54) is 12.5 Å². The topological polar surface area (TPSA) is 64.6 Å². The minimum absolute atomic E-state index is 0.253. The molecule has 3 aromatic rings. The van der Waals surface area contributed by atoms with Gasteiger partial charge in [-0.1, -0.05) is 17.7 Å². The summed E-state index contributed by atoms with van der Waals surface area (Å²) in [6.07, 6.45) is 0. The Hall–Kier alpha value is -3.60. The normalized spacial score (nSPS) is 10.1. The van der Waals surface area contributed by atoms with Gasteiger partial charge in [0.05, 0.1) is 0 Å². The van der Waals surface area contributed by atoms with Crippen LogP contribution in [0.1, 0.15) is 22.8 Å². The third-order valence-electron chi connectivity index (χ3n) is 3.75. The predicted octanol–water partition coefficient (Wildman–Crippen LogP) is 4.96. The molecule has 5 nitrogen and oxygen atoms in total. The molecule has 0 unspecified atom stereocenters. The van der Waals surface area contributed by atoms with Crippen LogP contribution in [0.5, 0.6) is 17.2 Å². The largest absolute Gasteiger partial charge is 0.457 e. The van der Waals surface area contributed by atoms with Crippen molar-refractivity contribution in [1.29, 1.82) is 0 Å². The summed E-state index contributed by atoms with van der Waals surface area (Å²) in [5, 5.41) is 2.81. The molecule has 0 bridgehead atoms. The van der Waals surface area contributed by atoms with E-state index in [-0.39, 0.29) is 5.91 Å². The van der Waals surface area contributed by atoms with Gasteiger partial charge in [-0.3, -0.25) is 9.59 Å². The van der Waals surface area contributed by atoms with Crippen molar-refractivity contribution < 1.29 is 19.1 Å².